The lowest BCUT2D eigenvalue weighted by Crippen LogP contribution is -2.09. The normalized spacial score (nSPS) is 9.79. The number of nitrogens with two attached hydrogens (primary N) is 1. The van der Waals surface area contributed by atoms with Crippen molar-refractivity contribution in [3.8, 4) is 0 Å². The van der Waals surface area contributed by atoms with Crippen molar-refractivity contribution in [3.63, 3.8) is 0 Å². The minimum absolute atomic E-state index is 0.238. The highest BCUT2D eigenvalue weighted by molar-refractivity contribution is 9.10. The predicted molar refractivity (Wildman–Crippen MR) is 55.1 cm³/mol. The maximum atomic E-state index is 11.3. The minimum atomic E-state index is -1.16. The number of hydrogen-bond donors (Lipinski definition) is 2. The van der Waals surface area contributed by atoms with Crippen molar-refractivity contribution in [3.05, 3.63) is 28.2 Å². The van der Waals surface area contributed by atoms with Crippen LogP contribution in [0.15, 0.2) is 22.7 Å². The molecule has 0 fully saturated rings. The van der Waals surface area contributed by atoms with Gasteiger partial charge in [-0.25, -0.2) is 0 Å². The quantitative estimate of drug-likeness (QED) is 0.491. The number of benzene rings is 1. The summed E-state index contributed by atoms with van der Waals surface area (Å²) in [5, 5.41) is 8.43. The number of rotatable bonds is 3. The maximum absolute atomic E-state index is 11.3. The summed E-state index contributed by atoms with van der Waals surface area (Å²) in [6.07, 6.45) is -0.541. The molecule has 1 aromatic carbocycles. The summed E-state index contributed by atoms with van der Waals surface area (Å²) in [4.78, 5) is 21.7. The lowest BCUT2D eigenvalue weighted by Gasteiger charge is -2.03. The number of halogens is 1. The van der Waals surface area contributed by atoms with Crippen LogP contribution in [0.2, 0.25) is 0 Å². The average molecular weight is 258 g/mol. The molecule has 0 heterocycles. The van der Waals surface area contributed by atoms with Crippen molar-refractivity contribution < 1.29 is 14.7 Å². The Bertz CT molecular complexity index is 390. The third-order valence-electron chi connectivity index (χ3n) is 1.63. The fourth-order valence-corrected chi connectivity index (χ4v) is 1.36. The zero-order valence-corrected chi connectivity index (χ0v) is 8.74. The first kappa shape index (κ1) is 10.7. The predicted octanol–water partition coefficient (Wildman–Crippen LogP) is 1.69. The van der Waals surface area contributed by atoms with E-state index < -0.39 is 18.2 Å². The van der Waals surface area contributed by atoms with E-state index in [0.29, 0.717) is 10.2 Å². The molecule has 74 valence electrons. The second-order valence-corrected chi connectivity index (χ2v) is 3.64. The summed E-state index contributed by atoms with van der Waals surface area (Å²) in [6, 6.07) is 4.76. The van der Waals surface area contributed by atoms with Crippen LogP contribution >= 0.6 is 15.9 Å². The molecular formula is C9H8BrNO3. The summed E-state index contributed by atoms with van der Waals surface area (Å²) in [7, 11) is 0. The Balaban J connectivity index is 3.00. The third-order valence-corrected chi connectivity index (χ3v) is 2.12. The molecule has 0 spiro atoms. The van der Waals surface area contributed by atoms with Gasteiger partial charge in [-0.05, 0) is 18.2 Å². The average Bonchev–Trinajstić information content (AvgIpc) is 2.08. The Hall–Kier alpha value is -1.36. The van der Waals surface area contributed by atoms with Gasteiger partial charge in [0.2, 0.25) is 0 Å². The summed E-state index contributed by atoms with van der Waals surface area (Å²) < 4.78 is 0.695. The number of hydrogen-bond acceptors (Lipinski definition) is 3. The second-order valence-electron chi connectivity index (χ2n) is 2.73. The first-order chi connectivity index (χ1) is 6.50. The van der Waals surface area contributed by atoms with Crippen LogP contribution in [0.3, 0.4) is 0 Å². The summed E-state index contributed by atoms with van der Waals surface area (Å²) in [5.41, 5.74) is 6.06. The Morgan fingerprint density at radius 2 is 2.07 bits per heavy atom. The largest absolute Gasteiger partial charge is 0.481 e. The molecule has 1 rings (SSSR count). The lowest BCUT2D eigenvalue weighted by molar-refractivity contribution is -0.135. The molecule has 0 radical (unpaired) electrons. The number of carbonyl (C=O) groups excluding carboxylic acids is 1. The van der Waals surface area contributed by atoms with Crippen molar-refractivity contribution in [2.75, 3.05) is 5.73 Å². The number of anilines is 1. The van der Waals surface area contributed by atoms with Crippen molar-refractivity contribution >= 4 is 33.4 Å². The van der Waals surface area contributed by atoms with Gasteiger partial charge in [0.15, 0.2) is 5.78 Å². The molecule has 0 saturated heterocycles. The van der Waals surface area contributed by atoms with Gasteiger partial charge in [0.1, 0.15) is 6.42 Å². The van der Waals surface area contributed by atoms with E-state index in [4.69, 9.17) is 10.8 Å². The van der Waals surface area contributed by atoms with E-state index in [0.717, 1.165) is 0 Å². The fraction of sp³-hybridized carbons (Fsp3) is 0.111. The van der Waals surface area contributed by atoms with Crippen molar-refractivity contribution in [1.29, 1.82) is 0 Å². The van der Waals surface area contributed by atoms with E-state index in [1.807, 2.05) is 0 Å². The van der Waals surface area contributed by atoms with Crippen LogP contribution in [-0.4, -0.2) is 16.9 Å². The second kappa shape index (κ2) is 4.23. The topological polar surface area (TPSA) is 80.4 Å². The van der Waals surface area contributed by atoms with Crippen molar-refractivity contribution in [2.45, 2.75) is 6.42 Å². The molecule has 3 N–H and O–H groups in total. The number of carboxylic acid groups (broad SMARTS) is 1. The van der Waals surface area contributed by atoms with E-state index in [2.05, 4.69) is 15.9 Å². The summed E-state index contributed by atoms with van der Waals surface area (Å²) in [6.45, 7) is 0. The van der Waals surface area contributed by atoms with E-state index in [-0.39, 0.29) is 5.56 Å². The number of carbonyl (C=O) groups is 2. The van der Waals surface area contributed by atoms with Crippen LogP contribution in [0.5, 0.6) is 0 Å². The monoisotopic (exact) mass is 257 g/mol. The van der Waals surface area contributed by atoms with Crippen LogP contribution in [0.25, 0.3) is 0 Å². The van der Waals surface area contributed by atoms with Gasteiger partial charge in [-0.3, -0.25) is 9.59 Å². The molecule has 4 nitrogen and oxygen atoms in total. The van der Waals surface area contributed by atoms with Gasteiger partial charge in [0.25, 0.3) is 0 Å². The van der Waals surface area contributed by atoms with E-state index in [9.17, 15) is 9.59 Å². The smallest absolute Gasteiger partial charge is 0.311 e. The lowest BCUT2D eigenvalue weighted by atomic mass is 10.1. The highest BCUT2D eigenvalue weighted by Gasteiger charge is 2.13. The van der Waals surface area contributed by atoms with Crippen LogP contribution in [0.1, 0.15) is 16.8 Å². The van der Waals surface area contributed by atoms with Gasteiger partial charge in [-0.2, -0.15) is 0 Å². The van der Waals surface area contributed by atoms with Crippen LogP contribution in [0.4, 0.5) is 5.69 Å². The highest BCUT2D eigenvalue weighted by Crippen LogP contribution is 2.19. The van der Waals surface area contributed by atoms with E-state index in [1.165, 1.54) is 6.07 Å². The Kier molecular flexibility index (Phi) is 3.24. The van der Waals surface area contributed by atoms with Gasteiger partial charge >= 0.3 is 5.97 Å². The number of aliphatic carboxylic acids is 1. The van der Waals surface area contributed by atoms with Gasteiger partial charge in [-0.15, -0.1) is 0 Å². The zero-order valence-electron chi connectivity index (χ0n) is 7.16. The molecule has 0 amide bonds. The molecule has 0 unspecified atom stereocenters. The molecule has 0 atom stereocenters. The van der Waals surface area contributed by atoms with Gasteiger partial charge in [0, 0.05) is 15.7 Å². The molecule has 1 aromatic rings. The standard InChI is InChI=1S/C9H8BrNO3/c10-5-1-2-7(11)6(3-5)8(12)4-9(13)14/h1-3H,4,11H2,(H,13,14). The van der Waals surface area contributed by atoms with Crippen molar-refractivity contribution in [1.82, 2.24) is 0 Å². The molecule has 0 aliphatic rings. The number of ketones is 1. The number of carboxylic acids is 1. The van der Waals surface area contributed by atoms with E-state index >= 15 is 0 Å². The molecule has 0 saturated carbocycles. The number of nitrogen functional groups attached to an aromatic ring is 1. The Morgan fingerprint density at radius 3 is 2.64 bits per heavy atom. The molecule has 0 aliphatic heterocycles. The Labute approximate surface area is 88.9 Å². The van der Waals surface area contributed by atoms with Crippen LogP contribution in [-0.2, 0) is 4.79 Å². The zero-order chi connectivity index (χ0) is 10.7. The van der Waals surface area contributed by atoms with Gasteiger partial charge in [-0.1, -0.05) is 15.9 Å². The first-order valence-corrected chi connectivity index (χ1v) is 4.60. The maximum Gasteiger partial charge on any atom is 0.311 e. The SMILES string of the molecule is Nc1ccc(Br)cc1C(=O)CC(=O)O. The van der Waals surface area contributed by atoms with Crippen molar-refractivity contribution in [2.24, 2.45) is 0 Å². The molecule has 14 heavy (non-hydrogen) atoms. The Morgan fingerprint density at radius 1 is 1.43 bits per heavy atom. The van der Waals surface area contributed by atoms with Gasteiger partial charge < -0.3 is 10.8 Å². The molecule has 0 aromatic heterocycles. The molecule has 0 aliphatic carbocycles. The minimum Gasteiger partial charge on any atom is -0.481 e. The third kappa shape index (κ3) is 2.56. The van der Waals surface area contributed by atoms with Crippen LogP contribution in [0, 0.1) is 0 Å². The van der Waals surface area contributed by atoms with E-state index in [1.54, 1.807) is 12.1 Å². The van der Waals surface area contributed by atoms with Crippen LogP contribution < -0.4 is 5.73 Å². The first-order valence-electron chi connectivity index (χ1n) is 3.80. The molecule has 5 heteroatoms. The van der Waals surface area contributed by atoms with Gasteiger partial charge in [0.05, 0.1) is 0 Å². The highest BCUT2D eigenvalue weighted by atomic mass is 79.9. The number of Topliss-reactive ketones (excluding diaryl/α,β-unsaturated/α-hetero) is 1. The summed E-state index contributed by atoms with van der Waals surface area (Å²) >= 11 is 3.18. The summed E-state index contributed by atoms with van der Waals surface area (Å²) in [5.74, 6) is -1.65. The fourth-order valence-electron chi connectivity index (χ4n) is 1.00. The molecule has 0 bridgehead atoms. The molecular weight excluding hydrogens is 250 g/mol.